The van der Waals surface area contributed by atoms with Crippen molar-refractivity contribution in [3.8, 4) is 0 Å². The number of carbonyl (C=O) groups excluding carboxylic acids is 2. The van der Waals surface area contributed by atoms with Crippen LogP contribution in [0.5, 0.6) is 0 Å². The zero-order valence-corrected chi connectivity index (χ0v) is 12.7. The number of urea groups is 2. The van der Waals surface area contributed by atoms with E-state index in [-0.39, 0.29) is 12.1 Å². The third kappa shape index (κ3) is 3.42. The van der Waals surface area contributed by atoms with Gasteiger partial charge in [0.1, 0.15) is 5.82 Å². The Labute approximate surface area is 124 Å². The van der Waals surface area contributed by atoms with Crippen LogP contribution < -0.4 is 4.90 Å². The molecule has 1 aliphatic heterocycles. The summed E-state index contributed by atoms with van der Waals surface area (Å²) in [4.78, 5) is 34.7. The van der Waals surface area contributed by atoms with Crippen molar-refractivity contribution >= 4 is 17.9 Å². The molecule has 0 aromatic carbocycles. The highest BCUT2D eigenvalue weighted by Gasteiger charge is 2.27. The van der Waals surface area contributed by atoms with Gasteiger partial charge < -0.3 is 14.7 Å². The maximum absolute atomic E-state index is 12.3. The number of nitrogens with zero attached hydrogens (tertiary/aromatic N) is 5. The summed E-state index contributed by atoms with van der Waals surface area (Å²) in [5.74, 6) is 0.919. The lowest BCUT2D eigenvalue weighted by Gasteiger charge is -2.37. The molecule has 21 heavy (non-hydrogen) atoms. The van der Waals surface area contributed by atoms with E-state index >= 15 is 0 Å². The second-order valence-electron chi connectivity index (χ2n) is 5.18. The fourth-order valence-corrected chi connectivity index (χ4v) is 2.26. The molecular formula is C14H21N5O2. The van der Waals surface area contributed by atoms with Gasteiger partial charge in [-0.2, -0.15) is 0 Å². The van der Waals surface area contributed by atoms with Gasteiger partial charge in [0.05, 0.1) is 0 Å². The molecule has 1 aromatic heterocycles. The van der Waals surface area contributed by atoms with Gasteiger partial charge in [-0.1, -0.05) is 6.07 Å². The largest absolute Gasteiger partial charge is 0.353 e. The van der Waals surface area contributed by atoms with Gasteiger partial charge in [0.25, 0.3) is 0 Å². The summed E-state index contributed by atoms with van der Waals surface area (Å²) >= 11 is 0. The molecule has 1 aliphatic rings. The molecule has 114 valence electrons. The van der Waals surface area contributed by atoms with E-state index < -0.39 is 0 Å². The van der Waals surface area contributed by atoms with Crippen molar-refractivity contribution in [3.05, 3.63) is 24.4 Å². The predicted molar refractivity (Wildman–Crippen MR) is 80.3 cm³/mol. The maximum Gasteiger partial charge on any atom is 0.328 e. The van der Waals surface area contributed by atoms with E-state index in [2.05, 4.69) is 9.88 Å². The van der Waals surface area contributed by atoms with Crippen molar-refractivity contribution < 1.29 is 9.59 Å². The maximum atomic E-state index is 12.3. The molecule has 1 aromatic rings. The summed E-state index contributed by atoms with van der Waals surface area (Å²) in [5.41, 5.74) is 0. The van der Waals surface area contributed by atoms with Gasteiger partial charge in [0, 0.05) is 53.5 Å². The summed E-state index contributed by atoms with van der Waals surface area (Å²) < 4.78 is 0. The molecule has 0 unspecified atom stereocenters. The fourth-order valence-electron chi connectivity index (χ4n) is 2.26. The standard InChI is InChI=1S/C14H21N5O2/c1-16(2)13(20)17(3)14(21)19-10-8-18(9-11-19)12-6-4-5-7-15-12/h4-7H,8-11H2,1-3H3. The van der Waals surface area contributed by atoms with Crippen LogP contribution in [0, 0.1) is 0 Å². The predicted octanol–water partition coefficient (Wildman–Crippen LogP) is 0.937. The Kier molecular flexibility index (Phi) is 4.62. The van der Waals surface area contributed by atoms with Crippen molar-refractivity contribution in [1.29, 1.82) is 0 Å². The normalized spacial score (nSPS) is 14.8. The zero-order valence-electron chi connectivity index (χ0n) is 12.7. The van der Waals surface area contributed by atoms with Crippen molar-refractivity contribution in [2.45, 2.75) is 0 Å². The first kappa shape index (κ1) is 15.1. The van der Waals surface area contributed by atoms with Gasteiger partial charge >= 0.3 is 12.1 Å². The number of pyridine rings is 1. The van der Waals surface area contributed by atoms with Crippen molar-refractivity contribution in [1.82, 2.24) is 19.7 Å². The lowest BCUT2D eigenvalue weighted by atomic mass is 10.3. The second-order valence-corrected chi connectivity index (χ2v) is 5.18. The highest BCUT2D eigenvalue weighted by atomic mass is 16.2. The average Bonchev–Trinajstić information content (AvgIpc) is 2.53. The Morgan fingerprint density at radius 1 is 1.10 bits per heavy atom. The molecule has 2 heterocycles. The minimum absolute atomic E-state index is 0.255. The van der Waals surface area contributed by atoms with E-state index in [1.54, 1.807) is 25.2 Å². The van der Waals surface area contributed by atoms with Crippen LogP contribution in [0.2, 0.25) is 0 Å². The van der Waals surface area contributed by atoms with E-state index in [1.165, 1.54) is 11.9 Å². The first-order chi connectivity index (χ1) is 10.0. The van der Waals surface area contributed by atoms with Gasteiger partial charge in [-0.05, 0) is 12.1 Å². The number of hydrogen-bond acceptors (Lipinski definition) is 4. The second kappa shape index (κ2) is 6.43. The van der Waals surface area contributed by atoms with E-state index in [0.717, 1.165) is 10.7 Å². The Morgan fingerprint density at radius 2 is 1.76 bits per heavy atom. The van der Waals surface area contributed by atoms with Crippen molar-refractivity contribution in [2.24, 2.45) is 0 Å². The molecule has 0 saturated carbocycles. The highest BCUT2D eigenvalue weighted by molar-refractivity contribution is 5.93. The van der Waals surface area contributed by atoms with E-state index in [1.807, 2.05) is 18.2 Å². The summed E-state index contributed by atoms with van der Waals surface area (Å²) in [5, 5.41) is 0. The van der Waals surface area contributed by atoms with Gasteiger partial charge in [-0.15, -0.1) is 0 Å². The molecule has 2 rings (SSSR count). The summed E-state index contributed by atoms with van der Waals surface area (Å²) in [6.45, 7) is 2.60. The van der Waals surface area contributed by atoms with E-state index in [0.29, 0.717) is 26.2 Å². The molecule has 4 amide bonds. The number of piperazine rings is 1. The monoisotopic (exact) mass is 291 g/mol. The van der Waals surface area contributed by atoms with Crippen LogP contribution >= 0.6 is 0 Å². The molecular weight excluding hydrogens is 270 g/mol. The fraction of sp³-hybridized carbons (Fsp3) is 0.500. The zero-order chi connectivity index (χ0) is 15.4. The molecule has 1 saturated heterocycles. The van der Waals surface area contributed by atoms with Crippen LogP contribution in [0.25, 0.3) is 0 Å². The third-order valence-corrected chi connectivity index (χ3v) is 3.48. The molecule has 0 atom stereocenters. The van der Waals surface area contributed by atoms with Gasteiger partial charge in [-0.25, -0.2) is 19.5 Å². The van der Waals surface area contributed by atoms with Crippen molar-refractivity contribution in [3.63, 3.8) is 0 Å². The van der Waals surface area contributed by atoms with Crippen LogP contribution in [-0.2, 0) is 0 Å². The van der Waals surface area contributed by atoms with Gasteiger partial charge in [0.2, 0.25) is 0 Å². The van der Waals surface area contributed by atoms with E-state index in [9.17, 15) is 9.59 Å². The summed E-state index contributed by atoms with van der Waals surface area (Å²) in [7, 11) is 4.77. The lowest BCUT2D eigenvalue weighted by Crippen LogP contribution is -2.54. The van der Waals surface area contributed by atoms with Crippen LogP contribution in [-0.4, -0.2) is 79.1 Å². The quantitative estimate of drug-likeness (QED) is 0.772. The number of rotatable bonds is 1. The minimum atomic E-state index is -0.313. The first-order valence-electron chi connectivity index (χ1n) is 6.90. The average molecular weight is 291 g/mol. The molecule has 1 fully saturated rings. The van der Waals surface area contributed by atoms with Crippen LogP contribution in [0.1, 0.15) is 0 Å². The number of anilines is 1. The summed E-state index contributed by atoms with van der Waals surface area (Å²) in [6.07, 6.45) is 1.76. The van der Waals surface area contributed by atoms with E-state index in [4.69, 9.17) is 0 Å². The number of hydrogen-bond donors (Lipinski definition) is 0. The first-order valence-corrected chi connectivity index (χ1v) is 6.90. The molecule has 0 spiro atoms. The van der Waals surface area contributed by atoms with Gasteiger partial charge in [-0.3, -0.25) is 0 Å². The Hall–Kier alpha value is -2.31. The lowest BCUT2D eigenvalue weighted by molar-refractivity contribution is 0.149. The van der Waals surface area contributed by atoms with Crippen LogP contribution in [0.3, 0.4) is 0 Å². The smallest absolute Gasteiger partial charge is 0.328 e. The summed E-state index contributed by atoms with van der Waals surface area (Å²) in [6, 6.07) is 5.22. The molecule has 0 aliphatic carbocycles. The van der Waals surface area contributed by atoms with Gasteiger partial charge in [0.15, 0.2) is 0 Å². The Balaban J connectivity index is 1.92. The van der Waals surface area contributed by atoms with Crippen molar-refractivity contribution in [2.75, 3.05) is 52.2 Å². The number of imide groups is 1. The SMILES string of the molecule is CN(C)C(=O)N(C)C(=O)N1CCN(c2ccccn2)CC1. The molecule has 0 N–H and O–H groups in total. The molecule has 7 nitrogen and oxygen atoms in total. The number of aromatic nitrogens is 1. The third-order valence-electron chi connectivity index (χ3n) is 3.48. The topological polar surface area (TPSA) is 60.0 Å². The highest BCUT2D eigenvalue weighted by Crippen LogP contribution is 2.13. The Bertz CT molecular complexity index is 497. The molecule has 0 bridgehead atoms. The van der Waals surface area contributed by atoms with Crippen LogP contribution in [0.4, 0.5) is 15.4 Å². The van der Waals surface area contributed by atoms with Crippen LogP contribution in [0.15, 0.2) is 24.4 Å². The molecule has 0 radical (unpaired) electrons. The Morgan fingerprint density at radius 3 is 2.29 bits per heavy atom. The molecule has 7 heteroatoms. The number of carbonyl (C=O) groups is 2. The minimum Gasteiger partial charge on any atom is -0.353 e. The number of amides is 4.